The summed E-state index contributed by atoms with van der Waals surface area (Å²) < 4.78 is 6.18. The van der Waals surface area contributed by atoms with Crippen molar-refractivity contribution in [3.8, 4) is 0 Å². The molecule has 8 atom stereocenters. The summed E-state index contributed by atoms with van der Waals surface area (Å²) >= 11 is 0. The molecule has 0 amide bonds. The molecule has 0 aromatic carbocycles. The molecule has 5 N–H and O–H groups in total. The fourth-order valence-electron chi connectivity index (χ4n) is 8.21. The third-order valence-corrected chi connectivity index (χ3v) is 10.4. The lowest BCUT2D eigenvalue weighted by Crippen LogP contribution is -2.62. The van der Waals surface area contributed by atoms with Gasteiger partial charge >= 0.3 is 0 Å². The average molecular weight is 462 g/mol. The summed E-state index contributed by atoms with van der Waals surface area (Å²) in [5.74, 6) is 2.37. The maximum absolute atomic E-state index is 12.3. The molecular formula is C26H47N5O2. The van der Waals surface area contributed by atoms with E-state index < -0.39 is 5.60 Å². The molecule has 7 heteroatoms. The highest BCUT2D eigenvalue weighted by Crippen LogP contribution is 2.68. The van der Waals surface area contributed by atoms with Gasteiger partial charge < -0.3 is 26.2 Å². The summed E-state index contributed by atoms with van der Waals surface area (Å²) in [6, 6.07) is 0. The van der Waals surface area contributed by atoms with Gasteiger partial charge in [0.2, 0.25) is 5.96 Å². The van der Waals surface area contributed by atoms with E-state index in [-0.39, 0.29) is 11.3 Å². The number of nitrogens with zero attached hydrogens (tertiary/aromatic N) is 3. The van der Waals surface area contributed by atoms with E-state index in [1.165, 1.54) is 25.7 Å². The zero-order valence-electron chi connectivity index (χ0n) is 21.3. The van der Waals surface area contributed by atoms with Gasteiger partial charge in [-0.25, -0.2) is 0 Å². The van der Waals surface area contributed by atoms with Gasteiger partial charge in [-0.1, -0.05) is 13.8 Å². The largest absolute Gasteiger partial charge is 0.389 e. The van der Waals surface area contributed by atoms with Crippen LogP contribution in [0.2, 0.25) is 0 Å². The summed E-state index contributed by atoms with van der Waals surface area (Å²) in [5, 5.41) is 20.7. The van der Waals surface area contributed by atoms with E-state index in [1.807, 2.05) is 20.3 Å². The lowest BCUT2D eigenvalue weighted by Gasteiger charge is -2.63. The first-order chi connectivity index (χ1) is 15.7. The molecular weight excluding hydrogens is 414 g/mol. The molecule has 4 aliphatic carbocycles. The van der Waals surface area contributed by atoms with Gasteiger partial charge in [0.05, 0.1) is 11.7 Å². The van der Waals surface area contributed by atoms with Crippen LogP contribution in [-0.2, 0) is 4.74 Å². The van der Waals surface area contributed by atoms with E-state index in [4.69, 9.17) is 16.2 Å². The number of nitrogens with two attached hydrogens (primary N) is 2. The van der Waals surface area contributed by atoms with Crippen molar-refractivity contribution in [2.45, 2.75) is 89.8 Å². The Morgan fingerprint density at radius 2 is 1.88 bits per heavy atom. The van der Waals surface area contributed by atoms with Gasteiger partial charge in [0.1, 0.15) is 0 Å². The summed E-state index contributed by atoms with van der Waals surface area (Å²) in [6.45, 7) is 6.34. The van der Waals surface area contributed by atoms with Crippen molar-refractivity contribution in [3.63, 3.8) is 0 Å². The minimum Gasteiger partial charge on any atom is -0.389 e. The van der Waals surface area contributed by atoms with Crippen LogP contribution in [0.4, 0.5) is 0 Å². The number of hydrogen-bond acceptors (Lipinski definition) is 5. The van der Waals surface area contributed by atoms with Crippen molar-refractivity contribution in [1.82, 2.24) is 4.90 Å². The Balaban J connectivity index is 1.48. The quantitative estimate of drug-likeness (QED) is 0.243. The molecule has 7 nitrogen and oxygen atoms in total. The molecule has 0 unspecified atom stereocenters. The van der Waals surface area contributed by atoms with Gasteiger partial charge in [-0.05, 0) is 93.9 Å². The van der Waals surface area contributed by atoms with E-state index in [0.29, 0.717) is 41.8 Å². The Labute approximate surface area is 200 Å². The second-order valence-corrected chi connectivity index (χ2v) is 12.0. The van der Waals surface area contributed by atoms with Crippen LogP contribution in [0.3, 0.4) is 0 Å². The Morgan fingerprint density at radius 3 is 2.61 bits per heavy atom. The Morgan fingerprint density at radius 1 is 1.09 bits per heavy atom. The number of hydrogen-bond donors (Lipinski definition) is 3. The maximum atomic E-state index is 12.3. The topological polar surface area (TPSA) is 109 Å². The number of guanidine groups is 1. The Bertz CT molecular complexity index is 757. The number of fused-ring (bicyclic) bond motifs is 5. The van der Waals surface area contributed by atoms with Gasteiger partial charge in [-0.3, -0.25) is 0 Å². The monoisotopic (exact) mass is 461 g/mol. The van der Waals surface area contributed by atoms with Gasteiger partial charge in [-0.2, -0.15) is 5.10 Å². The molecule has 0 aliphatic heterocycles. The van der Waals surface area contributed by atoms with Crippen molar-refractivity contribution in [3.05, 3.63) is 0 Å². The molecule has 0 radical (unpaired) electrons. The Kier molecular flexibility index (Phi) is 7.15. The van der Waals surface area contributed by atoms with E-state index in [1.54, 1.807) is 4.90 Å². The standard InChI is InChI=1S/C26H47N5O2/c1-24-11-9-20(33-15-5-14-27)16-18(24)6-7-22-21(24)10-12-25(2)19(8-13-26(22,25)32)17-29-30-23(28)31(3)4/h17-22,32H,5-16,27H2,1-4H3,(H2,28,30)/b29-17+/t18-,19-,20+,21+,22-,24+,25-,26+/m1/s1. The molecule has 0 saturated heterocycles. The molecule has 33 heavy (non-hydrogen) atoms. The van der Waals surface area contributed by atoms with Gasteiger partial charge in [0.25, 0.3) is 0 Å². The molecule has 4 aliphatic rings. The average Bonchev–Trinajstić information content (AvgIpc) is 3.05. The molecule has 0 heterocycles. The fraction of sp³-hybridized carbons (Fsp3) is 0.923. The summed E-state index contributed by atoms with van der Waals surface area (Å²) in [4.78, 5) is 1.76. The summed E-state index contributed by atoms with van der Waals surface area (Å²) in [6.07, 6.45) is 13.4. The van der Waals surface area contributed by atoms with E-state index in [2.05, 4.69) is 24.1 Å². The van der Waals surface area contributed by atoms with E-state index >= 15 is 0 Å². The first kappa shape index (κ1) is 24.9. The third kappa shape index (κ3) is 4.23. The predicted octanol–water partition coefficient (Wildman–Crippen LogP) is 3.36. The second kappa shape index (κ2) is 9.46. The molecule has 4 rings (SSSR count). The molecule has 0 aromatic rings. The van der Waals surface area contributed by atoms with Crippen molar-refractivity contribution in [2.75, 3.05) is 27.2 Å². The Hall–Kier alpha value is -1.18. The van der Waals surface area contributed by atoms with Gasteiger partial charge in [0.15, 0.2) is 0 Å². The maximum Gasteiger partial charge on any atom is 0.215 e. The molecule has 4 fully saturated rings. The number of ether oxygens (including phenoxy) is 1. The highest BCUT2D eigenvalue weighted by Gasteiger charge is 2.66. The highest BCUT2D eigenvalue weighted by atomic mass is 16.5. The van der Waals surface area contributed by atoms with E-state index in [9.17, 15) is 5.11 Å². The van der Waals surface area contributed by atoms with Gasteiger partial charge in [0, 0.05) is 38.2 Å². The van der Waals surface area contributed by atoms with Crippen LogP contribution in [0, 0.1) is 34.5 Å². The van der Waals surface area contributed by atoms with Crippen LogP contribution in [-0.4, -0.2) is 61.1 Å². The zero-order chi connectivity index (χ0) is 23.9. The van der Waals surface area contributed by atoms with E-state index in [0.717, 1.165) is 45.1 Å². The van der Waals surface area contributed by atoms with Crippen LogP contribution in [0.1, 0.15) is 78.1 Å². The second-order valence-electron chi connectivity index (χ2n) is 12.0. The fourth-order valence-corrected chi connectivity index (χ4v) is 8.21. The van der Waals surface area contributed by atoms with Crippen LogP contribution < -0.4 is 11.5 Å². The van der Waals surface area contributed by atoms with Gasteiger partial charge in [-0.15, -0.1) is 5.10 Å². The lowest BCUT2D eigenvalue weighted by atomic mass is 9.43. The van der Waals surface area contributed by atoms with Crippen LogP contribution >= 0.6 is 0 Å². The van der Waals surface area contributed by atoms with Crippen LogP contribution in [0.5, 0.6) is 0 Å². The molecule has 0 spiro atoms. The van der Waals surface area contributed by atoms with Crippen molar-refractivity contribution in [1.29, 1.82) is 0 Å². The number of aliphatic hydroxyl groups is 1. The minimum atomic E-state index is -0.605. The molecule has 0 bridgehead atoms. The van der Waals surface area contributed by atoms with Crippen LogP contribution in [0.25, 0.3) is 0 Å². The normalized spacial score (nSPS) is 45.5. The smallest absolute Gasteiger partial charge is 0.215 e. The SMILES string of the molecule is CN(C)C(N)=N/N=C/[C@H]1CC[C@]2(O)[C@@H]3CC[C@@H]4C[C@@H](OCCCN)CC[C@]4(C)[C@H]3CC[C@]12C. The van der Waals surface area contributed by atoms with Crippen molar-refractivity contribution in [2.24, 2.45) is 56.2 Å². The predicted molar refractivity (Wildman–Crippen MR) is 134 cm³/mol. The van der Waals surface area contributed by atoms with Crippen molar-refractivity contribution < 1.29 is 9.84 Å². The number of rotatable bonds is 6. The molecule has 188 valence electrons. The van der Waals surface area contributed by atoms with Crippen LogP contribution in [0.15, 0.2) is 10.2 Å². The molecule has 0 aromatic heterocycles. The first-order valence-electron chi connectivity index (χ1n) is 13.2. The lowest BCUT2D eigenvalue weighted by molar-refractivity contribution is -0.207. The zero-order valence-corrected chi connectivity index (χ0v) is 21.3. The van der Waals surface area contributed by atoms with Crippen molar-refractivity contribution >= 4 is 12.2 Å². The summed E-state index contributed by atoms with van der Waals surface area (Å²) in [7, 11) is 3.73. The first-order valence-corrected chi connectivity index (χ1v) is 13.2. The minimum absolute atomic E-state index is 0.133. The molecule has 4 saturated carbocycles. The highest BCUT2D eigenvalue weighted by molar-refractivity contribution is 5.78. The third-order valence-electron chi connectivity index (χ3n) is 10.4. The summed E-state index contributed by atoms with van der Waals surface area (Å²) in [5.41, 5.74) is 11.1.